The molecule has 0 aliphatic heterocycles. The summed E-state index contributed by atoms with van der Waals surface area (Å²) in [6, 6.07) is 0. The second-order valence-electron chi connectivity index (χ2n) is 5.03. The van der Waals surface area contributed by atoms with Crippen LogP contribution in [0.1, 0.15) is 79.1 Å². The van der Waals surface area contributed by atoms with Gasteiger partial charge in [-0.05, 0) is 35.9 Å². The summed E-state index contributed by atoms with van der Waals surface area (Å²) in [7, 11) is -4.64. The Bertz CT molecular complexity index is 204. The van der Waals surface area contributed by atoms with Crippen molar-refractivity contribution in [2.24, 2.45) is 0 Å². The van der Waals surface area contributed by atoms with E-state index in [1.165, 1.54) is 74.4 Å². The van der Waals surface area contributed by atoms with E-state index >= 15 is 0 Å². The molecule has 0 spiro atoms. The van der Waals surface area contributed by atoms with E-state index in [1.807, 2.05) is 0 Å². The van der Waals surface area contributed by atoms with Crippen molar-refractivity contribution < 1.29 is 19.2 Å². The van der Waals surface area contributed by atoms with Crippen LogP contribution in [0.3, 0.4) is 0 Å². The van der Waals surface area contributed by atoms with Crippen molar-refractivity contribution in [3.8, 4) is 0 Å². The third-order valence-electron chi connectivity index (χ3n) is 2.69. The number of hydrogen-bond acceptors (Lipinski definition) is 3. The van der Waals surface area contributed by atoms with Crippen molar-refractivity contribution in [2.75, 3.05) is 23.0 Å². The van der Waals surface area contributed by atoms with Crippen LogP contribution in [0.2, 0.25) is 0 Å². The number of unbranched alkanes of at least 4 members (excludes halogenated alkanes) is 6. The first-order chi connectivity index (χ1) is 10.8. The van der Waals surface area contributed by atoms with E-state index < -0.39 is 7.82 Å². The molecule has 0 unspecified atom stereocenters. The first-order valence-electron chi connectivity index (χ1n) is 8.77. The van der Waals surface area contributed by atoms with E-state index in [-0.39, 0.29) is 0 Å². The zero-order chi connectivity index (χ0) is 18.4. The Morgan fingerprint density at radius 1 is 0.652 bits per heavy atom. The highest BCUT2D eigenvalue weighted by Crippen LogP contribution is 2.25. The number of thioether (sulfide) groups is 2. The first-order valence-corrected chi connectivity index (χ1v) is 12.6. The molecule has 0 aromatic rings. The summed E-state index contributed by atoms with van der Waals surface area (Å²) >= 11 is 4.12. The summed E-state index contributed by atoms with van der Waals surface area (Å²) in [5.74, 6) is 5.31. The van der Waals surface area contributed by atoms with Gasteiger partial charge in [-0.3, -0.25) is 0 Å². The summed E-state index contributed by atoms with van der Waals surface area (Å²) in [6.45, 7) is 8.97. The predicted octanol–water partition coefficient (Wildman–Crippen LogP) is 5.71. The molecule has 0 aliphatic carbocycles. The lowest BCUT2D eigenvalue weighted by Crippen LogP contribution is -1.80. The highest BCUT2D eigenvalue weighted by atomic mass is 32.2. The number of phosphoric acid groups is 1. The van der Waals surface area contributed by atoms with Gasteiger partial charge in [0.15, 0.2) is 0 Å². The van der Waals surface area contributed by atoms with Crippen LogP contribution in [0.25, 0.3) is 0 Å². The monoisotopic (exact) mass is 390 g/mol. The normalized spacial score (nSPS) is 10.4. The van der Waals surface area contributed by atoms with E-state index in [9.17, 15) is 0 Å². The zero-order valence-electron chi connectivity index (χ0n) is 15.5. The van der Waals surface area contributed by atoms with Gasteiger partial charge in [-0.25, -0.2) is 4.57 Å². The Kier molecular flexibility index (Phi) is 31.2. The highest BCUT2D eigenvalue weighted by Gasteiger charge is 2.00. The molecule has 4 nitrogen and oxygen atoms in total. The van der Waals surface area contributed by atoms with E-state index in [4.69, 9.17) is 19.2 Å². The second-order valence-corrected chi connectivity index (χ2v) is 8.84. The largest absolute Gasteiger partial charge is 0.466 e. The topological polar surface area (TPSA) is 77.8 Å². The molecule has 7 heteroatoms. The van der Waals surface area contributed by atoms with Gasteiger partial charge in [-0.2, -0.15) is 23.5 Å². The van der Waals surface area contributed by atoms with E-state index in [0.717, 1.165) is 0 Å². The van der Waals surface area contributed by atoms with Gasteiger partial charge in [0, 0.05) is 0 Å². The maximum Gasteiger partial charge on any atom is 0.466 e. The summed E-state index contributed by atoms with van der Waals surface area (Å²) < 4.78 is 8.88. The minimum absolute atomic E-state index is 1.28. The minimum atomic E-state index is -4.64. The van der Waals surface area contributed by atoms with Gasteiger partial charge in [0.2, 0.25) is 0 Å². The smallest absolute Gasteiger partial charge is 0.303 e. The minimum Gasteiger partial charge on any atom is -0.303 e. The highest BCUT2D eigenvalue weighted by molar-refractivity contribution is 7.99. The molecular weight excluding hydrogens is 351 g/mol. The summed E-state index contributed by atoms with van der Waals surface area (Å²) in [5.41, 5.74) is 0. The maximum atomic E-state index is 8.88. The molecular formula is C16H39O4PS2. The van der Waals surface area contributed by atoms with Crippen LogP contribution in [0, 0.1) is 0 Å². The molecule has 0 amide bonds. The molecule has 0 aromatic heterocycles. The lowest BCUT2D eigenvalue weighted by molar-refractivity contribution is 0.275. The molecule has 0 fully saturated rings. The van der Waals surface area contributed by atoms with Crippen LogP contribution in [0.15, 0.2) is 0 Å². The summed E-state index contributed by atoms with van der Waals surface area (Å²) in [5, 5.41) is 0. The van der Waals surface area contributed by atoms with Crippen LogP contribution >= 0.6 is 31.3 Å². The van der Waals surface area contributed by atoms with Crippen LogP contribution in [0.5, 0.6) is 0 Å². The van der Waals surface area contributed by atoms with Gasteiger partial charge in [0.1, 0.15) is 0 Å². The van der Waals surface area contributed by atoms with Crippen LogP contribution in [-0.2, 0) is 4.57 Å². The van der Waals surface area contributed by atoms with Crippen molar-refractivity contribution in [1.29, 1.82) is 0 Å². The average Bonchev–Trinajstić information content (AvgIpc) is 2.46. The van der Waals surface area contributed by atoms with Crippen LogP contribution in [-0.4, -0.2) is 37.7 Å². The van der Waals surface area contributed by atoms with Gasteiger partial charge in [-0.15, -0.1) is 0 Å². The third-order valence-corrected chi connectivity index (χ3v) is 4.66. The van der Waals surface area contributed by atoms with Gasteiger partial charge in [-0.1, -0.05) is 66.2 Å². The van der Waals surface area contributed by atoms with Crippen molar-refractivity contribution in [1.82, 2.24) is 0 Å². The Labute approximate surface area is 152 Å². The fourth-order valence-corrected chi connectivity index (χ4v) is 2.94. The fourth-order valence-electron chi connectivity index (χ4n) is 1.55. The fraction of sp³-hybridized carbons (Fsp3) is 1.00. The van der Waals surface area contributed by atoms with Crippen LogP contribution < -0.4 is 0 Å². The molecule has 144 valence electrons. The number of hydrogen-bond donors (Lipinski definition) is 3. The quantitative estimate of drug-likeness (QED) is 0.292. The van der Waals surface area contributed by atoms with Crippen molar-refractivity contribution in [3.63, 3.8) is 0 Å². The molecule has 0 aromatic carbocycles. The van der Waals surface area contributed by atoms with E-state index in [1.54, 1.807) is 0 Å². The molecule has 0 saturated heterocycles. The first kappa shape index (κ1) is 28.6. The second kappa shape index (κ2) is 25.1. The third kappa shape index (κ3) is 60.2. The molecule has 0 atom stereocenters. The Morgan fingerprint density at radius 3 is 1.17 bits per heavy atom. The molecule has 0 rings (SSSR count). The molecule has 0 aliphatic rings. The van der Waals surface area contributed by atoms with Gasteiger partial charge < -0.3 is 14.7 Å². The maximum absolute atomic E-state index is 8.88. The van der Waals surface area contributed by atoms with Crippen LogP contribution in [0.4, 0.5) is 0 Å². The summed E-state index contributed by atoms with van der Waals surface area (Å²) in [4.78, 5) is 21.6. The summed E-state index contributed by atoms with van der Waals surface area (Å²) in [6.07, 6.45) is 11.3. The Morgan fingerprint density at radius 2 is 0.957 bits per heavy atom. The molecule has 23 heavy (non-hydrogen) atoms. The van der Waals surface area contributed by atoms with Gasteiger partial charge >= 0.3 is 7.82 Å². The van der Waals surface area contributed by atoms with Crippen molar-refractivity contribution >= 4 is 31.3 Å². The number of rotatable bonds is 12. The molecule has 3 N–H and O–H groups in total. The van der Waals surface area contributed by atoms with E-state index in [0.29, 0.717) is 0 Å². The predicted molar refractivity (Wildman–Crippen MR) is 109 cm³/mol. The van der Waals surface area contributed by atoms with Crippen molar-refractivity contribution in [3.05, 3.63) is 0 Å². The molecule has 0 heterocycles. The molecule has 0 radical (unpaired) electrons. The lowest BCUT2D eigenvalue weighted by atomic mass is 10.2. The van der Waals surface area contributed by atoms with Gasteiger partial charge in [0.05, 0.1) is 0 Å². The average molecular weight is 391 g/mol. The zero-order valence-corrected chi connectivity index (χ0v) is 18.0. The van der Waals surface area contributed by atoms with Gasteiger partial charge in [0.25, 0.3) is 0 Å². The van der Waals surface area contributed by atoms with E-state index in [2.05, 4.69) is 51.2 Å². The Hall–Kier alpha value is 0.810. The standard InChI is InChI=1S/2C8H18S.H3O4P/c2*1-3-5-6-7-8-9-4-2;1-5(2,3)4/h2*3-8H2,1-2H3;(H3,1,2,3,4). The SMILES string of the molecule is CCCCCCSCC.CCCCCCSCC.O=P(O)(O)O. The van der Waals surface area contributed by atoms with Crippen molar-refractivity contribution in [2.45, 2.75) is 79.1 Å². The lowest BCUT2D eigenvalue weighted by Gasteiger charge is -1.96. The Balaban J connectivity index is -0.000000273. The molecule has 0 bridgehead atoms. The molecule has 0 saturated carbocycles.